The molecule has 0 unspecified atom stereocenters. The Hall–Kier alpha value is -3.83. The number of halogens is 5. The van der Waals surface area contributed by atoms with E-state index in [-0.39, 0.29) is 22.8 Å². The van der Waals surface area contributed by atoms with Gasteiger partial charge >= 0.3 is 6.36 Å². The third-order valence-corrected chi connectivity index (χ3v) is 4.15. The Labute approximate surface area is 171 Å². The molecule has 4 aromatic rings. The van der Waals surface area contributed by atoms with Crippen LogP contribution in [0.15, 0.2) is 55.1 Å². The fraction of sp³-hybridized carbons (Fsp3) is 0.158. The number of hydrogen-bond donors (Lipinski definition) is 1. The van der Waals surface area contributed by atoms with Crippen molar-refractivity contribution < 1.29 is 26.7 Å². The van der Waals surface area contributed by atoms with Gasteiger partial charge in [-0.1, -0.05) is 0 Å². The highest BCUT2D eigenvalue weighted by Gasteiger charge is 2.31. The summed E-state index contributed by atoms with van der Waals surface area (Å²) in [6.07, 6.45) is -0.773. The maximum atomic E-state index is 13.6. The quantitative estimate of drug-likeness (QED) is 0.446. The molecule has 31 heavy (non-hydrogen) atoms. The van der Waals surface area contributed by atoms with Crippen molar-refractivity contribution >= 4 is 22.5 Å². The first-order valence-corrected chi connectivity index (χ1v) is 8.76. The van der Waals surface area contributed by atoms with E-state index >= 15 is 0 Å². The summed E-state index contributed by atoms with van der Waals surface area (Å²) in [5.74, 6) is -2.93. The second-order valence-corrected chi connectivity index (χ2v) is 6.52. The molecule has 12 heteroatoms. The zero-order valence-corrected chi connectivity index (χ0v) is 15.7. The molecule has 1 aromatic carbocycles. The van der Waals surface area contributed by atoms with E-state index in [2.05, 4.69) is 30.1 Å². The highest BCUT2D eigenvalue weighted by Crippen LogP contribution is 2.29. The van der Waals surface area contributed by atoms with E-state index in [4.69, 9.17) is 0 Å². The molecule has 0 aliphatic heterocycles. The Morgan fingerprint density at radius 1 is 0.968 bits per heavy atom. The first-order chi connectivity index (χ1) is 14.6. The fourth-order valence-corrected chi connectivity index (χ4v) is 2.75. The number of fused-ring (bicyclic) bond motifs is 1. The van der Waals surface area contributed by atoms with Gasteiger partial charge in [0.15, 0.2) is 11.5 Å². The van der Waals surface area contributed by atoms with E-state index in [9.17, 15) is 22.0 Å². The number of ether oxygens (including phenoxy) is 1. The van der Waals surface area contributed by atoms with Crippen LogP contribution in [0.4, 0.5) is 33.5 Å². The Morgan fingerprint density at radius 2 is 1.71 bits per heavy atom. The minimum absolute atomic E-state index is 0.164. The predicted molar refractivity (Wildman–Crippen MR) is 100 cm³/mol. The molecule has 3 heterocycles. The zero-order valence-electron chi connectivity index (χ0n) is 15.7. The first-order valence-electron chi connectivity index (χ1n) is 8.76. The van der Waals surface area contributed by atoms with E-state index in [1.54, 1.807) is 0 Å². The number of alkyl halides is 5. The molecule has 7 nitrogen and oxygen atoms in total. The van der Waals surface area contributed by atoms with Crippen LogP contribution < -0.4 is 10.1 Å². The minimum Gasteiger partial charge on any atom is -0.406 e. The van der Waals surface area contributed by atoms with Crippen LogP contribution in [0.25, 0.3) is 16.9 Å². The molecule has 0 saturated heterocycles. The maximum Gasteiger partial charge on any atom is 0.573 e. The molecule has 0 aliphatic rings. The second-order valence-electron chi connectivity index (χ2n) is 6.52. The molecular formula is C19H13F5N6O. The molecular weight excluding hydrogens is 423 g/mol. The molecule has 1 N–H and O–H groups in total. The van der Waals surface area contributed by atoms with Crippen molar-refractivity contribution in [2.45, 2.75) is 19.2 Å². The fourth-order valence-electron chi connectivity index (χ4n) is 2.75. The van der Waals surface area contributed by atoms with E-state index < -0.39 is 12.3 Å². The molecule has 3 aromatic heterocycles. The Kier molecular flexibility index (Phi) is 4.91. The SMILES string of the molecule is CC(F)(F)c1ccnc(-n2cc3c(Nc4ccc(OC(F)(F)F)cc4)ncnc3n2)c1. The zero-order chi connectivity index (χ0) is 22.2. The van der Waals surface area contributed by atoms with Gasteiger partial charge in [-0.15, -0.1) is 18.3 Å². The van der Waals surface area contributed by atoms with Crippen molar-refractivity contribution in [3.05, 3.63) is 60.7 Å². The molecule has 0 fully saturated rings. The van der Waals surface area contributed by atoms with Gasteiger partial charge in [0.25, 0.3) is 5.92 Å². The van der Waals surface area contributed by atoms with Crippen molar-refractivity contribution in [1.29, 1.82) is 0 Å². The molecule has 0 spiro atoms. The normalized spacial score (nSPS) is 12.2. The van der Waals surface area contributed by atoms with Crippen molar-refractivity contribution in [2.75, 3.05) is 5.32 Å². The van der Waals surface area contributed by atoms with Crippen LogP contribution in [0, 0.1) is 0 Å². The standard InChI is InChI=1S/C19H13F5N6O/c1-18(20,21)11-6-7-25-15(8-11)30-9-14-16(26-10-27-17(14)29-30)28-12-2-4-13(5-3-12)31-19(22,23)24/h2-10H,1H3,(H,26,27,28,29). The highest BCUT2D eigenvalue weighted by molar-refractivity contribution is 5.88. The van der Waals surface area contributed by atoms with E-state index in [0.717, 1.165) is 19.1 Å². The van der Waals surface area contributed by atoms with Crippen LogP contribution in [-0.2, 0) is 5.92 Å². The maximum absolute atomic E-state index is 13.6. The van der Waals surface area contributed by atoms with Gasteiger partial charge in [-0.25, -0.2) is 28.4 Å². The monoisotopic (exact) mass is 436 g/mol. The molecule has 0 radical (unpaired) electrons. The first kappa shape index (κ1) is 20.4. The summed E-state index contributed by atoms with van der Waals surface area (Å²) in [7, 11) is 0. The van der Waals surface area contributed by atoms with Crippen molar-refractivity contribution in [2.24, 2.45) is 0 Å². The van der Waals surface area contributed by atoms with E-state index in [1.807, 2.05) is 0 Å². The summed E-state index contributed by atoms with van der Waals surface area (Å²) in [6, 6.07) is 7.50. The molecule has 160 valence electrons. The number of hydrogen-bond acceptors (Lipinski definition) is 6. The lowest BCUT2D eigenvalue weighted by Crippen LogP contribution is -2.16. The lowest BCUT2D eigenvalue weighted by atomic mass is 10.1. The molecule has 0 atom stereocenters. The molecule has 0 amide bonds. The number of anilines is 2. The largest absolute Gasteiger partial charge is 0.573 e. The van der Waals surface area contributed by atoms with E-state index in [0.29, 0.717) is 16.9 Å². The minimum atomic E-state index is -4.78. The van der Waals surface area contributed by atoms with Crippen LogP contribution in [-0.4, -0.2) is 31.1 Å². The van der Waals surface area contributed by atoms with Crippen LogP contribution in [0.5, 0.6) is 5.75 Å². The summed E-state index contributed by atoms with van der Waals surface area (Å²) in [5, 5.41) is 7.64. The Balaban J connectivity index is 1.63. The second kappa shape index (κ2) is 7.45. The van der Waals surface area contributed by atoms with Gasteiger partial charge in [-0.05, 0) is 36.4 Å². The average molecular weight is 436 g/mol. The topological polar surface area (TPSA) is 77.8 Å². The summed E-state index contributed by atoms with van der Waals surface area (Å²) < 4.78 is 69.2. The number of aromatic nitrogens is 5. The lowest BCUT2D eigenvalue weighted by Gasteiger charge is -2.11. The third-order valence-electron chi connectivity index (χ3n) is 4.15. The third kappa shape index (κ3) is 4.68. The number of rotatable bonds is 5. The summed E-state index contributed by atoms with van der Waals surface area (Å²) >= 11 is 0. The lowest BCUT2D eigenvalue weighted by molar-refractivity contribution is -0.274. The predicted octanol–water partition coefficient (Wildman–Crippen LogP) is 4.96. The number of nitrogens with one attached hydrogen (secondary N) is 1. The smallest absolute Gasteiger partial charge is 0.406 e. The summed E-state index contributed by atoms with van der Waals surface area (Å²) in [5.41, 5.74) is 0.487. The molecule has 0 saturated carbocycles. The Bertz CT molecular complexity index is 1220. The van der Waals surface area contributed by atoms with Gasteiger partial charge in [0, 0.05) is 30.6 Å². The van der Waals surface area contributed by atoms with Gasteiger partial charge in [-0.2, -0.15) is 0 Å². The van der Waals surface area contributed by atoms with Crippen molar-refractivity contribution in [1.82, 2.24) is 24.7 Å². The molecule has 0 bridgehead atoms. The summed E-state index contributed by atoms with van der Waals surface area (Å²) in [4.78, 5) is 12.2. The summed E-state index contributed by atoms with van der Waals surface area (Å²) in [6.45, 7) is 0.782. The van der Waals surface area contributed by atoms with Gasteiger partial charge in [0.05, 0.1) is 5.39 Å². The van der Waals surface area contributed by atoms with Gasteiger partial charge in [-0.3, -0.25) is 0 Å². The number of benzene rings is 1. The average Bonchev–Trinajstić information content (AvgIpc) is 3.13. The molecule has 0 aliphatic carbocycles. The highest BCUT2D eigenvalue weighted by atomic mass is 19.4. The van der Waals surface area contributed by atoms with Gasteiger partial charge in [0.1, 0.15) is 17.9 Å². The van der Waals surface area contributed by atoms with Crippen LogP contribution in [0.1, 0.15) is 12.5 Å². The number of pyridine rings is 1. The van der Waals surface area contributed by atoms with Crippen molar-refractivity contribution in [3.8, 4) is 11.6 Å². The molecule has 4 rings (SSSR count). The van der Waals surface area contributed by atoms with Gasteiger partial charge < -0.3 is 10.1 Å². The number of nitrogens with zero attached hydrogens (tertiary/aromatic N) is 5. The van der Waals surface area contributed by atoms with Crippen molar-refractivity contribution in [3.63, 3.8) is 0 Å². The Morgan fingerprint density at radius 3 is 2.39 bits per heavy atom. The van der Waals surface area contributed by atoms with Gasteiger partial charge in [0.2, 0.25) is 0 Å². The van der Waals surface area contributed by atoms with Crippen LogP contribution in [0.2, 0.25) is 0 Å². The van der Waals surface area contributed by atoms with E-state index in [1.165, 1.54) is 47.7 Å². The van der Waals surface area contributed by atoms with Crippen LogP contribution in [0.3, 0.4) is 0 Å². The van der Waals surface area contributed by atoms with Crippen LogP contribution >= 0.6 is 0 Å².